The molecule has 1 aromatic heterocycles. The van der Waals surface area contributed by atoms with Crippen molar-refractivity contribution < 1.29 is 14.4 Å². The van der Waals surface area contributed by atoms with E-state index in [2.05, 4.69) is 22.1 Å². The van der Waals surface area contributed by atoms with Gasteiger partial charge in [-0.15, -0.1) is 0 Å². The Hall–Kier alpha value is -2.27. The largest absolute Gasteiger partial charge is 0.513 e. The van der Waals surface area contributed by atoms with E-state index in [1.54, 1.807) is 25.6 Å². The van der Waals surface area contributed by atoms with Gasteiger partial charge in [0.2, 0.25) is 0 Å². The van der Waals surface area contributed by atoms with E-state index in [4.69, 9.17) is 0 Å². The SMILES string of the molecule is C[N+]1(C(=O)O)CCc2ccccc2CC1c1cnccn1. The summed E-state index contributed by atoms with van der Waals surface area (Å²) < 4.78 is -0.0621. The summed E-state index contributed by atoms with van der Waals surface area (Å²) in [5, 5.41) is 9.76. The highest BCUT2D eigenvalue weighted by Gasteiger charge is 2.44. The van der Waals surface area contributed by atoms with E-state index in [1.807, 2.05) is 12.1 Å². The Labute approximate surface area is 123 Å². The van der Waals surface area contributed by atoms with Crippen molar-refractivity contribution in [2.24, 2.45) is 0 Å². The van der Waals surface area contributed by atoms with Gasteiger partial charge in [0.05, 0.1) is 19.8 Å². The summed E-state index contributed by atoms with van der Waals surface area (Å²) in [4.78, 5) is 20.3. The first-order chi connectivity index (χ1) is 10.1. The minimum atomic E-state index is -0.821. The van der Waals surface area contributed by atoms with Crippen LogP contribution in [0.3, 0.4) is 0 Å². The third-order valence-corrected chi connectivity index (χ3v) is 4.43. The second-order valence-corrected chi connectivity index (χ2v) is 5.64. The minimum Gasteiger partial charge on any atom is -0.435 e. The number of rotatable bonds is 1. The number of amides is 1. The lowest BCUT2D eigenvalue weighted by atomic mass is 9.98. The van der Waals surface area contributed by atoms with Crippen molar-refractivity contribution in [1.82, 2.24) is 9.97 Å². The number of benzene rings is 1. The maximum atomic E-state index is 11.9. The number of nitrogens with zero attached hydrogens (tertiary/aromatic N) is 3. The quantitative estimate of drug-likeness (QED) is 0.817. The van der Waals surface area contributed by atoms with Crippen LogP contribution < -0.4 is 0 Å². The highest BCUT2D eigenvalue weighted by Crippen LogP contribution is 2.34. The van der Waals surface area contributed by atoms with E-state index in [9.17, 15) is 9.90 Å². The molecule has 5 nitrogen and oxygen atoms in total. The second kappa shape index (κ2) is 5.26. The predicted octanol–water partition coefficient (Wildman–Crippen LogP) is 2.44. The van der Waals surface area contributed by atoms with E-state index >= 15 is 0 Å². The summed E-state index contributed by atoms with van der Waals surface area (Å²) in [6, 6.07) is 7.95. The first kappa shape index (κ1) is 13.7. The number of hydrogen-bond donors (Lipinski definition) is 1. The predicted molar refractivity (Wildman–Crippen MR) is 77.7 cm³/mol. The van der Waals surface area contributed by atoms with Crippen LogP contribution in [0.15, 0.2) is 42.9 Å². The molecule has 2 atom stereocenters. The third kappa shape index (κ3) is 2.40. The number of fused-ring (bicyclic) bond motifs is 1. The number of carboxylic acid groups (broad SMARTS) is 1. The Morgan fingerprint density at radius 3 is 2.71 bits per heavy atom. The zero-order chi connectivity index (χ0) is 14.9. The minimum absolute atomic E-state index is 0.0621. The van der Waals surface area contributed by atoms with Crippen LogP contribution in [-0.2, 0) is 12.8 Å². The van der Waals surface area contributed by atoms with E-state index in [0.717, 1.165) is 12.1 Å². The van der Waals surface area contributed by atoms with Gasteiger partial charge in [-0.3, -0.25) is 9.97 Å². The summed E-state index contributed by atoms with van der Waals surface area (Å²) >= 11 is 0. The highest BCUT2D eigenvalue weighted by atomic mass is 16.4. The number of likely N-dealkylation sites (N-methyl/N-ethyl adjacent to an activating group) is 1. The van der Waals surface area contributed by atoms with Gasteiger partial charge in [-0.25, -0.2) is 4.48 Å². The average molecular weight is 284 g/mol. The van der Waals surface area contributed by atoms with Gasteiger partial charge in [-0.2, -0.15) is 4.79 Å². The Kier molecular flexibility index (Phi) is 3.43. The van der Waals surface area contributed by atoms with Gasteiger partial charge in [0.25, 0.3) is 0 Å². The molecular weight excluding hydrogens is 266 g/mol. The Bertz CT molecular complexity index is 660. The summed E-state index contributed by atoms with van der Waals surface area (Å²) in [6.07, 6.45) is 5.52. The molecule has 0 spiro atoms. The molecule has 1 amide bonds. The number of aromatic nitrogens is 2. The Morgan fingerprint density at radius 1 is 1.29 bits per heavy atom. The molecule has 21 heavy (non-hydrogen) atoms. The summed E-state index contributed by atoms with van der Waals surface area (Å²) in [6.45, 7) is 0.549. The molecule has 1 aliphatic rings. The summed E-state index contributed by atoms with van der Waals surface area (Å²) in [5.41, 5.74) is 3.17. The maximum Gasteiger partial charge on any atom is 0.513 e. The zero-order valence-corrected chi connectivity index (χ0v) is 11.9. The molecule has 0 aliphatic carbocycles. The van der Waals surface area contributed by atoms with Gasteiger partial charge >= 0.3 is 6.09 Å². The lowest BCUT2D eigenvalue weighted by molar-refractivity contribution is -0.869. The first-order valence-corrected chi connectivity index (χ1v) is 7.02. The van der Waals surface area contributed by atoms with Crippen molar-refractivity contribution in [1.29, 1.82) is 0 Å². The molecule has 2 unspecified atom stereocenters. The lowest BCUT2D eigenvalue weighted by Gasteiger charge is -2.34. The van der Waals surface area contributed by atoms with Crippen LogP contribution in [0.25, 0.3) is 0 Å². The van der Waals surface area contributed by atoms with Gasteiger partial charge in [-0.1, -0.05) is 24.3 Å². The molecule has 2 heterocycles. The van der Waals surface area contributed by atoms with Gasteiger partial charge in [0, 0.05) is 25.2 Å². The molecule has 108 valence electrons. The maximum absolute atomic E-state index is 11.9. The van der Waals surface area contributed by atoms with Gasteiger partial charge in [0.15, 0.2) is 0 Å². The third-order valence-electron chi connectivity index (χ3n) is 4.43. The fourth-order valence-corrected chi connectivity index (χ4v) is 3.03. The Morgan fingerprint density at radius 2 is 2.05 bits per heavy atom. The number of hydrogen-bond acceptors (Lipinski definition) is 3. The fraction of sp³-hybridized carbons (Fsp3) is 0.312. The van der Waals surface area contributed by atoms with Gasteiger partial charge < -0.3 is 5.11 Å². The molecule has 0 radical (unpaired) electrons. The average Bonchev–Trinajstić information content (AvgIpc) is 2.66. The van der Waals surface area contributed by atoms with E-state index in [1.165, 1.54) is 11.1 Å². The molecular formula is C16H18N3O2+. The van der Waals surface area contributed by atoms with Crippen LogP contribution in [0, 0.1) is 0 Å². The van der Waals surface area contributed by atoms with Crippen LogP contribution in [-0.4, -0.2) is 39.2 Å². The molecule has 1 N–H and O–H groups in total. The topological polar surface area (TPSA) is 63.1 Å². The fourth-order valence-electron chi connectivity index (χ4n) is 3.03. The standard InChI is InChI=1S/C16H17N3O2/c1-19(16(20)21)9-6-12-4-2-3-5-13(12)10-15(19)14-11-17-7-8-18-14/h2-5,7-8,11,15H,6,9-10H2,1H3/p+1. The summed E-state index contributed by atoms with van der Waals surface area (Å²) in [5.74, 6) is 0. The van der Waals surface area contributed by atoms with Crippen molar-refractivity contribution in [3.8, 4) is 0 Å². The van der Waals surface area contributed by atoms with Crippen LogP contribution in [0.2, 0.25) is 0 Å². The smallest absolute Gasteiger partial charge is 0.435 e. The van der Waals surface area contributed by atoms with E-state index in [-0.39, 0.29) is 10.5 Å². The molecule has 0 fully saturated rings. The molecule has 2 aromatic rings. The molecule has 1 aliphatic heterocycles. The van der Waals surface area contributed by atoms with E-state index < -0.39 is 6.09 Å². The zero-order valence-electron chi connectivity index (χ0n) is 11.9. The molecule has 3 rings (SSSR count). The molecule has 1 aromatic carbocycles. The Balaban J connectivity index is 2.09. The van der Waals surface area contributed by atoms with Crippen LogP contribution in [0.1, 0.15) is 22.9 Å². The monoisotopic (exact) mass is 284 g/mol. The molecule has 0 saturated carbocycles. The van der Waals surface area contributed by atoms with Crippen molar-refractivity contribution in [3.63, 3.8) is 0 Å². The lowest BCUT2D eigenvalue weighted by Crippen LogP contribution is -2.52. The van der Waals surface area contributed by atoms with Crippen molar-refractivity contribution in [3.05, 3.63) is 59.7 Å². The van der Waals surface area contributed by atoms with Gasteiger partial charge in [0.1, 0.15) is 11.7 Å². The second-order valence-electron chi connectivity index (χ2n) is 5.64. The van der Waals surface area contributed by atoms with Crippen LogP contribution in [0.4, 0.5) is 4.79 Å². The van der Waals surface area contributed by atoms with Crippen molar-refractivity contribution >= 4 is 6.09 Å². The molecule has 0 saturated heterocycles. The van der Waals surface area contributed by atoms with Gasteiger partial charge in [-0.05, 0) is 11.1 Å². The van der Waals surface area contributed by atoms with Crippen molar-refractivity contribution in [2.75, 3.05) is 13.6 Å². The molecule has 5 heteroatoms. The van der Waals surface area contributed by atoms with Crippen LogP contribution >= 0.6 is 0 Å². The number of carbonyl (C=O) groups is 1. The van der Waals surface area contributed by atoms with E-state index in [0.29, 0.717) is 13.0 Å². The highest BCUT2D eigenvalue weighted by molar-refractivity contribution is 5.57. The number of quaternary nitrogens is 1. The normalized spacial score (nSPS) is 24.9. The summed E-state index contributed by atoms with van der Waals surface area (Å²) in [7, 11) is 1.77. The van der Waals surface area contributed by atoms with Crippen LogP contribution in [0.5, 0.6) is 0 Å². The first-order valence-electron chi connectivity index (χ1n) is 7.02. The van der Waals surface area contributed by atoms with Crippen molar-refractivity contribution in [2.45, 2.75) is 18.9 Å². The molecule has 0 bridgehead atoms.